The van der Waals surface area contributed by atoms with Gasteiger partial charge in [-0.05, 0) is 112 Å². The monoisotopic (exact) mass is 1040 g/mol. The fraction of sp³-hybridized carbons (Fsp3) is 0.519. The van der Waals surface area contributed by atoms with Gasteiger partial charge in [0.2, 0.25) is 0 Å². The van der Waals surface area contributed by atoms with E-state index in [1.54, 1.807) is 34.1 Å². The minimum Gasteiger partial charge on any atom is -0.398 e. The van der Waals surface area contributed by atoms with Crippen molar-refractivity contribution in [1.29, 1.82) is 10.8 Å². The number of likely N-dealkylation sites (tertiary alicyclic amines) is 2. The molecule has 0 radical (unpaired) electrons. The van der Waals surface area contributed by atoms with Gasteiger partial charge in [-0.2, -0.15) is 0 Å². The third kappa shape index (κ3) is 12.3. The first-order chi connectivity index (χ1) is 35.2. The van der Waals surface area contributed by atoms with Crippen molar-refractivity contribution in [2.75, 3.05) is 101 Å². The van der Waals surface area contributed by atoms with E-state index in [2.05, 4.69) is 20.4 Å². The highest BCUT2D eigenvalue weighted by Crippen LogP contribution is 2.45. The molecule has 404 valence electrons. The molecule has 0 amide bonds. The minimum absolute atomic E-state index is 0.00566. The number of nitrogens with one attached hydrogen (secondary N) is 4. The molecule has 0 bridgehead atoms. The molecule has 2 saturated heterocycles. The average molecular weight is 1040 g/mol. The molecular formula is C54H70F8N10O2. The molecule has 0 aromatic heterocycles. The van der Waals surface area contributed by atoms with E-state index in [1.165, 1.54) is 38.1 Å². The quantitative estimate of drug-likeness (QED) is 0.0245. The summed E-state index contributed by atoms with van der Waals surface area (Å²) in [5.41, 5.74) is 12.6. The number of nitrogen functional groups attached to an aromatic ring is 2. The number of alkyl halides is 4. The second-order valence-electron chi connectivity index (χ2n) is 21.0. The number of halogens is 8. The summed E-state index contributed by atoms with van der Waals surface area (Å²) in [6.45, 7) is 7.42. The van der Waals surface area contributed by atoms with E-state index in [-0.39, 0.29) is 61.7 Å². The van der Waals surface area contributed by atoms with Gasteiger partial charge in [0.05, 0.1) is 50.7 Å². The fourth-order valence-corrected chi connectivity index (χ4v) is 11.0. The van der Waals surface area contributed by atoms with Crippen LogP contribution < -0.4 is 22.1 Å². The lowest BCUT2D eigenvalue weighted by Gasteiger charge is -2.45. The standard InChI is InChI=1S/2C27H35F4N5O/c2*1-16-8-20-19(4-5-24(33)21(20)11-32)26(36(16)14-27(2,31)15-37)25-22(29)9-17(10-23(25)30)34-18-12-35(13-18)7-3-6-28/h2*4-5,9-11,16,18,26,32,34,37H,3,6-8,12-15,33H2,1-2H3/t2*16-,26+,27?/m11/s1. The van der Waals surface area contributed by atoms with E-state index < -0.39 is 59.9 Å². The van der Waals surface area contributed by atoms with Crippen LogP contribution in [-0.2, 0) is 12.8 Å². The summed E-state index contributed by atoms with van der Waals surface area (Å²) >= 11 is 0. The SMILES string of the molecule is C[C@@H]1Cc2c(ccc(N)c2C=N)[C@@H](c2c(F)cc(NC3CN(CCCF)C3)cc2F)N1CC(C)(F)CO.C[C@@H]1Cc2c(ccc(N)c2C=N)[C@@H](c2c(F)cc(NC3CN(CCCF)C3)cc2F)N1CC(C)(F)CO. The van der Waals surface area contributed by atoms with Gasteiger partial charge in [0.15, 0.2) is 0 Å². The second-order valence-corrected chi connectivity index (χ2v) is 21.0. The minimum atomic E-state index is -1.99. The number of rotatable bonds is 20. The maximum absolute atomic E-state index is 15.7. The van der Waals surface area contributed by atoms with Crippen molar-refractivity contribution in [2.45, 2.75) is 101 Å². The normalized spacial score (nSPS) is 22.2. The molecule has 2 fully saturated rings. The van der Waals surface area contributed by atoms with Gasteiger partial charge in [-0.1, -0.05) is 12.1 Å². The predicted molar refractivity (Wildman–Crippen MR) is 276 cm³/mol. The van der Waals surface area contributed by atoms with E-state index in [1.807, 2.05) is 13.8 Å². The molecule has 12 nitrogen and oxygen atoms in total. The molecule has 4 heterocycles. The number of nitrogens with zero attached hydrogens (tertiary/aromatic N) is 4. The Hall–Kier alpha value is -5.38. The smallest absolute Gasteiger partial charge is 0.143 e. The van der Waals surface area contributed by atoms with Gasteiger partial charge in [-0.25, -0.2) is 26.3 Å². The molecule has 4 aromatic rings. The molecule has 8 rings (SSSR count). The highest BCUT2D eigenvalue weighted by atomic mass is 19.2. The molecule has 4 aromatic carbocycles. The van der Waals surface area contributed by atoms with Crippen molar-refractivity contribution in [3.8, 4) is 0 Å². The number of aliphatic hydroxyl groups is 2. The first kappa shape index (κ1) is 56.3. The molecule has 4 aliphatic rings. The second kappa shape index (κ2) is 23.7. The third-order valence-corrected chi connectivity index (χ3v) is 14.8. The molecular weight excluding hydrogens is 973 g/mol. The van der Waals surface area contributed by atoms with Crippen molar-refractivity contribution in [2.24, 2.45) is 0 Å². The summed E-state index contributed by atoms with van der Waals surface area (Å²) in [5, 5.41) is 41.1. The van der Waals surface area contributed by atoms with E-state index in [9.17, 15) is 19.0 Å². The first-order valence-electron chi connectivity index (χ1n) is 25.2. The summed E-state index contributed by atoms with van der Waals surface area (Å²) in [7, 11) is 0. The number of hydrogen-bond acceptors (Lipinski definition) is 12. The van der Waals surface area contributed by atoms with Crippen LogP contribution in [0, 0.1) is 34.1 Å². The Kier molecular flexibility index (Phi) is 18.0. The zero-order valence-electron chi connectivity index (χ0n) is 42.4. The van der Waals surface area contributed by atoms with Crippen molar-refractivity contribution in [1.82, 2.24) is 19.6 Å². The van der Waals surface area contributed by atoms with Crippen LogP contribution in [0.25, 0.3) is 0 Å². The largest absolute Gasteiger partial charge is 0.398 e. The van der Waals surface area contributed by atoms with Crippen LogP contribution in [0.1, 0.15) is 97.1 Å². The van der Waals surface area contributed by atoms with E-state index >= 15 is 26.3 Å². The highest BCUT2D eigenvalue weighted by Gasteiger charge is 2.43. The molecule has 0 aliphatic carbocycles. The Bertz CT molecular complexity index is 2410. The molecule has 6 atom stereocenters. The van der Waals surface area contributed by atoms with E-state index in [4.69, 9.17) is 22.3 Å². The maximum Gasteiger partial charge on any atom is 0.143 e. The van der Waals surface area contributed by atoms with Crippen molar-refractivity contribution >= 4 is 35.2 Å². The number of fused-ring (bicyclic) bond motifs is 2. The van der Waals surface area contributed by atoms with Crippen LogP contribution in [-0.4, -0.2) is 157 Å². The van der Waals surface area contributed by atoms with Crippen LogP contribution in [0.3, 0.4) is 0 Å². The number of hydrogen-bond donors (Lipinski definition) is 8. The predicted octanol–water partition coefficient (Wildman–Crippen LogP) is 8.11. The number of benzene rings is 4. The lowest BCUT2D eigenvalue weighted by atomic mass is 9.81. The zero-order valence-corrected chi connectivity index (χ0v) is 42.4. The third-order valence-electron chi connectivity index (χ3n) is 14.8. The van der Waals surface area contributed by atoms with E-state index in [0.717, 1.165) is 12.4 Å². The van der Waals surface area contributed by atoms with Crippen molar-refractivity contribution in [3.05, 3.63) is 116 Å². The Morgan fingerprint density at radius 1 is 0.622 bits per heavy atom. The van der Waals surface area contributed by atoms with Crippen LogP contribution in [0.5, 0.6) is 0 Å². The van der Waals surface area contributed by atoms with Crippen LogP contribution in [0.15, 0.2) is 48.5 Å². The Morgan fingerprint density at radius 3 is 1.26 bits per heavy atom. The van der Waals surface area contributed by atoms with Gasteiger partial charge >= 0.3 is 0 Å². The van der Waals surface area contributed by atoms with Gasteiger partial charge in [-0.15, -0.1) is 0 Å². The molecule has 0 spiro atoms. The maximum atomic E-state index is 15.7. The van der Waals surface area contributed by atoms with Crippen LogP contribution in [0.2, 0.25) is 0 Å². The topological polar surface area (TPSA) is 177 Å². The average Bonchev–Trinajstić information content (AvgIpc) is 3.32. The van der Waals surface area contributed by atoms with Gasteiger partial charge in [0, 0.05) is 122 Å². The first-order valence-corrected chi connectivity index (χ1v) is 25.2. The van der Waals surface area contributed by atoms with Gasteiger partial charge in [-0.3, -0.25) is 28.4 Å². The lowest BCUT2D eigenvalue weighted by molar-refractivity contribution is 0.0168. The molecule has 74 heavy (non-hydrogen) atoms. The Labute approximate surface area is 428 Å². The van der Waals surface area contributed by atoms with Gasteiger partial charge in [0.25, 0.3) is 0 Å². The Morgan fingerprint density at radius 2 is 0.959 bits per heavy atom. The number of aliphatic hydroxyl groups excluding tert-OH is 2. The molecule has 20 heteroatoms. The summed E-state index contributed by atoms with van der Waals surface area (Å²) < 4.78 is 118. The van der Waals surface area contributed by atoms with Crippen molar-refractivity contribution in [3.63, 3.8) is 0 Å². The molecule has 4 aliphatic heterocycles. The number of nitrogens with two attached hydrogens (primary N) is 2. The van der Waals surface area contributed by atoms with Crippen LogP contribution in [0.4, 0.5) is 57.9 Å². The van der Waals surface area contributed by atoms with Gasteiger partial charge < -0.3 is 43.1 Å². The van der Waals surface area contributed by atoms with E-state index in [0.29, 0.717) is 121 Å². The Balaban J connectivity index is 0.000000216. The zero-order chi connectivity index (χ0) is 53.8. The fourth-order valence-electron chi connectivity index (χ4n) is 11.0. The molecule has 2 unspecified atom stereocenters. The van der Waals surface area contributed by atoms with Gasteiger partial charge in [0.1, 0.15) is 34.6 Å². The molecule has 10 N–H and O–H groups in total. The summed E-state index contributed by atoms with van der Waals surface area (Å²) in [4.78, 5) is 7.48. The number of anilines is 4. The lowest BCUT2D eigenvalue weighted by Crippen LogP contribution is -2.54. The summed E-state index contributed by atoms with van der Waals surface area (Å²) in [5.74, 6) is -3.10. The molecule has 0 saturated carbocycles. The summed E-state index contributed by atoms with van der Waals surface area (Å²) in [6, 6.07) is 8.90. The summed E-state index contributed by atoms with van der Waals surface area (Å²) in [6.07, 6.45) is 4.01. The highest BCUT2D eigenvalue weighted by molar-refractivity contribution is 5.89. The van der Waals surface area contributed by atoms with Crippen molar-refractivity contribution < 1.29 is 45.3 Å². The van der Waals surface area contributed by atoms with Crippen LogP contribution >= 0.6 is 0 Å².